The maximum Gasteiger partial charge on any atom is 0.211 e. The summed E-state index contributed by atoms with van der Waals surface area (Å²) >= 11 is 0. The van der Waals surface area contributed by atoms with Gasteiger partial charge in [0.2, 0.25) is 6.41 Å². The fourth-order valence-corrected chi connectivity index (χ4v) is 2.21. The molecule has 2 heteroatoms. The van der Waals surface area contributed by atoms with Gasteiger partial charge in [-0.1, -0.05) is 30.2 Å². The fourth-order valence-electron chi connectivity index (χ4n) is 2.21. The minimum atomic E-state index is 0.176. The first-order valence-electron chi connectivity index (χ1n) is 5.09. The summed E-state index contributed by atoms with van der Waals surface area (Å²) in [6.45, 7) is 0.391. The van der Waals surface area contributed by atoms with Crippen LogP contribution in [0.4, 0.5) is 0 Å². The average Bonchev–Trinajstić information content (AvgIpc) is 2.70. The molecule has 2 nitrogen and oxygen atoms in total. The van der Waals surface area contributed by atoms with Crippen LogP contribution >= 0.6 is 0 Å². The molecule has 0 aliphatic heterocycles. The summed E-state index contributed by atoms with van der Waals surface area (Å²) < 4.78 is 0. The van der Waals surface area contributed by atoms with Crippen molar-refractivity contribution in [3.05, 3.63) is 35.4 Å². The number of carbonyl (C=O) groups excluding carboxylic acids is 1. The molecule has 0 saturated carbocycles. The molecule has 0 unspecified atom stereocenters. The molecule has 15 heavy (non-hydrogen) atoms. The van der Waals surface area contributed by atoms with Gasteiger partial charge in [-0.3, -0.25) is 4.79 Å². The van der Waals surface area contributed by atoms with E-state index in [-0.39, 0.29) is 6.04 Å². The molecule has 0 spiro atoms. The highest BCUT2D eigenvalue weighted by atomic mass is 16.1. The van der Waals surface area contributed by atoms with Gasteiger partial charge in [-0.15, -0.1) is 6.42 Å². The topological polar surface area (TPSA) is 20.3 Å². The zero-order valence-corrected chi connectivity index (χ0v) is 8.52. The molecule has 1 aromatic rings. The van der Waals surface area contributed by atoms with E-state index in [1.807, 2.05) is 12.1 Å². The van der Waals surface area contributed by atoms with E-state index in [0.29, 0.717) is 6.54 Å². The lowest BCUT2D eigenvalue weighted by Gasteiger charge is -2.23. The van der Waals surface area contributed by atoms with E-state index in [9.17, 15) is 4.79 Å². The zero-order valence-electron chi connectivity index (χ0n) is 8.52. The van der Waals surface area contributed by atoms with Crippen LogP contribution in [-0.4, -0.2) is 17.9 Å². The van der Waals surface area contributed by atoms with Crippen molar-refractivity contribution in [2.75, 3.05) is 6.54 Å². The van der Waals surface area contributed by atoms with Gasteiger partial charge in [-0.05, 0) is 24.0 Å². The largest absolute Gasteiger partial charge is 0.327 e. The molecule has 0 aromatic heterocycles. The molecule has 0 heterocycles. The molecule has 1 amide bonds. The number of carbonyl (C=O) groups is 1. The van der Waals surface area contributed by atoms with E-state index >= 15 is 0 Å². The van der Waals surface area contributed by atoms with Gasteiger partial charge in [0.05, 0.1) is 12.6 Å². The Bertz CT molecular complexity index is 405. The van der Waals surface area contributed by atoms with Gasteiger partial charge in [0.1, 0.15) is 0 Å². The molecule has 0 bridgehead atoms. The first-order chi connectivity index (χ1) is 7.36. The summed E-state index contributed by atoms with van der Waals surface area (Å²) in [7, 11) is 0. The minimum Gasteiger partial charge on any atom is -0.327 e. The summed E-state index contributed by atoms with van der Waals surface area (Å²) in [5.41, 5.74) is 2.59. The van der Waals surface area contributed by atoms with Gasteiger partial charge in [-0.2, -0.15) is 0 Å². The molecule has 1 atom stereocenters. The third-order valence-electron chi connectivity index (χ3n) is 2.91. The Kier molecular flexibility index (Phi) is 2.73. The van der Waals surface area contributed by atoms with Crippen molar-refractivity contribution in [1.29, 1.82) is 0 Å². The van der Waals surface area contributed by atoms with Crippen molar-refractivity contribution in [1.82, 2.24) is 4.90 Å². The summed E-state index contributed by atoms with van der Waals surface area (Å²) in [5.74, 6) is 2.52. The van der Waals surface area contributed by atoms with E-state index < -0.39 is 0 Å². The van der Waals surface area contributed by atoms with Gasteiger partial charge in [0.15, 0.2) is 0 Å². The molecule has 2 rings (SSSR count). The molecule has 0 saturated heterocycles. The predicted octanol–water partition coefficient (Wildman–Crippen LogP) is 1.77. The molecule has 76 valence electrons. The van der Waals surface area contributed by atoms with E-state index in [2.05, 4.69) is 18.1 Å². The number of benzene rings is 1. The second-order valence-electron chi connectivity index (χ2n) is 3.74. The van der Waals surface area contributed by atoms with Crippen molar-refractivity contribution in [3.63, 3.8) is 0 Å². The van der Waals surface area contributed by atoms with E-state index in [1.165, 1.54) is 11.1 Å². The number of aryl methyl sites for hydroxylation is 1. The Balaban J connectivity index is 2.26. The minimum absolute atomic E-state index is 0.176. The Morgan fingerprint density at radius 3 is 3.07 bits per heavy atom. The molecule has 1 aliphatic carbocycles. The van der Waals surface area contributed by atoms with E-state index in [0.717, 1.165) is 19.3 Å². The average molecular weight is 199 g/mol. The second-order valence-corrected chi connectivity index (χ2v) is 3.74. The molecule has 0 radical (unpaired) electrons. The molecule has 1 aliphatic rings. The van der Waals surface area contributed by atoms with Crippen LogP contribution in [0.5, 0.6) is 0 Å². The summed E-state index contributed by atoms with van der Waals surface area (Å²) in [5, 5.41) is 0. The summed E-state index contributed by atoms with van der Waals surface area (Å²) in [6.07, 6.45) is 8.12. The standard InChI is InChI=1S/C13H13NO/c1-2-9-14(10-15)13-8-7-11-5-3-4-6-12(11)13/h1,3-6,10,13H,7-9H2/t13-/m0/s1. The molecule has 0 fully saturated rings. The monoisotopic (exact) mass is 199 g/mol. The van der Waals surface area contributed by atoms with E-state index in [1.54, 1.807) is 4.90 Å². The van der Waals surface area contributed by atoms with Crippen LogP contribution in [0.1, 0.15) is 23.6 Å². The van der Waals surface area contributed by atoms with Crippen molar-refractivity contribution in [2.45, 2.75) is 18.9 Å². The molecule has 0 N–H and O–H groups in total. The van der Waals surface area contributed by atoms with Gasteiger partial charge in [-0.25, -0.2) is 0 Å². The van der Waals surface area contributed by atoms with Crippen LogP contribution in [-0.2, 0) is 11.2 Å². The van der Waals surface area contributed by atoms with Gasteiger partial charge in [0.25, 0.3) is 0 Å². The SMILES string of the molecule is C#CCN(C=O)[C@H]1CCc2ccccc21. The number of fused-ring (bicyclic) bond motifs is 1. The van der Waals surface area contributed by atoms with Crippen molar-refractivity contribution < 1.29 is 4.79 Å². The number of amides is 1. The highest BCUT2D eigenvalue weighted by molar-refractivity contribution is 5.51. The van der Waals surface area contributed by atoms with Crippen molar-refractivity contribution >= 4 is 6.41 Å². The van der Waals surface area contributed by atoms with Crippen LogP contribution in [0.2, 0.25) is 0 Å². The lowest BCUT2D eigenvalue weighted by atomic mass is 10.1. The van der Waals surface area contributed by atoms with Gasteiger partial charge < -0.3 is 4.90 Å². The third-order valence-corrected chi connectivity index (χ3v) is 2.91. The Hall–Kier alpha value is -1.75. The third kappa shape index (κ3) is 1.73. The molecular weight excluding hydrogens is 186 g/mol. The fraction of sp³-hybridized carbons (Fsp3) is 0.308. The van der Waals surface area contributed by atoms with Crippen molar-refractivity contribution in [3.8, 4) is 12.3 Å². The summed E-state index contributed by atoms with van der Waals surface area (Å²) in [4.78, 5) is 12.6. The number of rotatable bonds is 3. The lowest BCUT2D eigenvalue weighted by Crippen LogP contribution is -2.26. The van der Waals surface area contributed by atoms with Gasteiger partial charge in [0, 0.05) is 0 Å². The van der Waals surface area contributed by atoms with Crippen molar-refractivity contribution in [2.24, 2.45) is 0 Å². The molecule has 1 aromatic carbocycles. The highest BCUT2D eigenvalue weighted by Crippen LogP contribution is 2.34. The van der Waals surface area contributed by atoms with Gasteiger partial charge >= 0.3 is 0 Å². The normalized spacial score (nSPS) is 17.9. The summed E-state index contributed by atoms with van der Waals surface area (Å²) in [6, 6.07) is 8.42. The number of hydrogen-bond donors (Lipinski definition) is 0. The Morgan fingerprint density at radius 2 is 2.33 bits per heavy atom. The first kappa shape index (κ1) is 9.79. The molecular formula is C13H13NO. The maximum atomic E-state index is 10.9. The number of terminal acetylenes is 1. The van der Waals surface area contributed by atoms with Crippen LogP contribution in [0.25, 0.3) is 0 Å². The smallest absolute Gasteiger partial charge is 0.211 e. The zero-order chi connectivity index (χ0) is 10.7. The lowest BCUT2D eigenvalue weighted by molar-refractivity contribution is -0.119. The second kappa shape index (κ2) is 4.18. The van der Waals surface area contributed by atoms with E-state index in [4.69, 9.17) is 6.42 Å². The van der Waals surface area contributed by atoms with Crippen LogP contribution in [0.3, 0.4) is 0 Å². The number of nitrogens with zero attached hydrogens (tertiary/aromatic N) is 1. The number of hydrogen-bond acceptors (Lipinski definition) is 1. The maximum absolute atomic E-state index is 10.9. The first-order valence-corrected chi connectivity index (χ1v) is 5.09. The quantitative estimate of drug-likeness (QED) is 0.536. The predicted molar refractivity (Wildman–Crippen MR) is 59.1 cm³/mol. The Labute approximate surface area is 89.9 Å². The highest BCUT2D eigenvalue weighted by Gasteiger charge is 2.26. The Morgan fingerprint density at radius 1 is 1.53 bits per heavy atom. The van der Waals surface area contributed by atoms with Crippen LogP contribution < -0.4 is 0 Å². The van der Waals surface area contributed by atoms with Crippen LogP contribution in [0, 0.1) is 12.3 Å². The van der Waals surface area contributed by atoms with Crippen LogP contribution in [0.15, 0.2) is 24.3 Å².